The molecule has 2 aromatic rings. The minimum absolute atomic E-state index is 0.0374. The van der Waals surface area contributed by atoms with E-state index in [1.165, 1.54) is 6.33 Å². The van der Waals surface area contributed by atoms with Crippen molar-refractivity contribution in [3.05, 3.63) is 30.6 Å². The molecule has 8 heteroatoms. The summed E-state index contributed by atoms with van der Waals surface area (Å²) in [5.74, 6) is 0.459. The van der Waals surface area contributed by atoms with Crippen LogP contribution in [0.25, 0.3) is 11.4 Å². The van der Waals surface area contributed by atoms with Crippen molar-refractivity contribution < 1.29 is 9.59 Å². The molecule has 25 heavy (non-hydrogen) atoms. The van der Waals surface area contributed by atoms with Gasteiger partial charge in [-0.3, -0.25) is 9.89 Å². The molecule has 0 aliphatic carbocycles. The number of urea groups is 1. The van der Waals surface area contributed by atoms with Crippen LogP contribution in [0.4, 0.5) is 10.5 Å². The third kappa shape index (κ3) is 3.96. The molecule has 1 aromatic carbocycles. The molecule has 132 valence electrons. The number of carbonyl (C=O) groups excluding carboxylic acids is 2. The van der Waals surface area contributed by atoms with Crippen LogP contribution in [0.5, 0.6) is 0 Å². The smallest absolute Gasteiger partial charge is 0.318 e. The van der Waals surface area contributed by atoms with Gasteiger partial charge in [-0.15, -0.1) is 0 Å². The fraction of sp³-hybridized carbons (Fsp3) is 0.412. The first-order valence-corrected chi connectivity index (χ1v) is 8.38. The highest BCUT2D eigenvalue weighted by atomic mass is 16.2. The van der Waals surface area contributed by atoms with E-state index in [1.807, 2.05) is 38.1 Å². The number of hydrogen-bond donors (Lipinski definition) is 3. The number of likely N-dealkylation sites (tertiary alicyclic amines) is 1. The zero-order valence-corrected chi connectivity index (χ0v) is 14.3. The number of amides is 3. The van der Waals surface area contributed by atoms with E-state index in [9.17, 15) is 9.59 Å². The molecule has 0 saturated carbocycles. The SMILES string of the molecule is CC(C)NC(=O)N1CCC[C@H]1C(=O)Nc1cccc(-c2ncn[nH]2)c1. The molecule has 3 amide bonds. The van der Waals surface area contributed by atoms with Gasteiger partial charge in [0, 0.05) is 23.8 Å². The van der Waals surface area contributed by atoms with Crippen molar-refractivity contribution in [2.24, 2.45) is 0 Å². The molecule has 0 spiro atoms. The van der Waals surface area contributed by atoms with Crippen molar-refractivity contribution >= 4 is 17.6 Å². The molecule has 1 aromatic heterocycles. The quantitative estimate of drug-likeness (QED) is 0.790. The summed E-state index contributed by atoms with van der Waals surface area (Å²) in [5.41, 5.74) is 1.49. The lowest BCUT2D eigenvalue weighted by atomic mass is 10.1. The third-order valence-corrected chi connectivity index (χ3v) is 4.05. The zero-order chi connectivity index (χ0) is 17.8. The Morgan fingerprint density at radius 1 is 1.36 bits per heavy atom. The molecule has 0 bridgehead atoms. The van der Waals surface area contributed by atoms with Crippen molar-refractivity contribution in [2.75, 3.05) is 11.9 Å². The highest BCUT2D eigenvalue weighted by Crippen LogP contribution is 2.22. The molecule has 1 fully saturated rings. The molecule has 8 nitrogen and oxygen atoms in total. The number of benzene rings is 1. The van der Waals surface area contributed by atoms with Crippen LogP contribution in [-0.4, -0.2) is 50.6 Å². The van der Waals surface area contributed by atoms with Crippen LogP contribution in [0, 0.1) is 0 Å². The molecule has 1 aliphatic rings. The Balaban J connectivity index is 1.69. The largest absolute Gasteiger partial charge is 0.336 e. The number of aromatic amines is 1. The number of rotatable bonds is 4. The summed E-state index contributed by atoms with van der Waals surface area (Å²) >= 11 is 0. The summed E-state index contributed by atoms with van der Waals surface area (Å²) in [6, 6.07) is 6.75. The molecule has 1 saturated heterocycles. The van der Waals surface area contributed by atoms with Gasteiger partial charge in [-0.05, 0) is 38.8 Å². The van der Waals surface area contributed by atoms with Gasteiger partial charge in [-0.25, -0.2) is 9.78 Å². The van der Waals surface area contributed by atoms with Gasteiger partial charge in [0.1, 0.15) is 12.4 Å². The Bertz CT molecular complexity index is 743. The van der Waals surface area contributed by atoms with Gasteiger partial charge in [0.05, 0.1) is 0 Å². The minimum atomic E-state index is -0.451. The van der Waals surface area contributed by atoms with E-state index >= 15 is 0 Å². The molecule has 2 heterocycles. The second kappa shape index (κ2) is 7.33. The standard InChI is InChI=1S/C17H22N6O2/c1-11(2)20-17(25)23-8-4-7-14(23)16(24)21-13-6-3-5-12(9-13)15-18-10-19-22-15/h3,5-6,9-11,14H,4,7-8H2,1-2H3,(H,20,25)(H,21,24)(H,18,19,22)/t14-/m0/s1. The predicted molar refractivity (Wildman–Crippen MR) is 93.8 cm³/mol. The van der Waals surface area contributed by atoms with Gasteiger partial charge in [-0.1, -0.05) is 12.1 Å². The van der Waals surface area contributed by atoms with Gasteiger partial charge in [0.2, 0.25) is 5.91 Å². The normalized spacial score (nSPS) is 16.9. The first-order valence-electron chi connectivity index (χ1n) is 8.38. The Morgan fingerprint density at radius 2 is 2.20 bits per heavy atom. The summed E-state index contributed by atoms with van der Waals surface area (Å²) in [6.07, 6.45) is 2.92. The van der Waals surface area contributed by atoms with Gasteiger partial charge in [0.15, 0.2) is 5.82 Å². The van der Waals surface area contributed by atoms with Crippen LogP contribution in [0.3, 0.4) is 0 Å². The van der Waals surface area contributed by atoms with Gasteiger partial charge < -0.3 is 15.5 Å². The highest BCUT2D eigenvalue weighted by Gasteiger charge is 2.34. The van der Waals surface area contributed by atoms with E-state index < -0.39 is 6.04 Å². The maximum atomic E-state index is 12.6. The van der Waals surface area contributed by atoms with Crippen LogP contribution >= 0.6 is 0 Å². The van der Waals surface area contributed by atoms with Crippen molar-refractivity contribution in [1.82, 2.24) is 25.4 Å². The summed E-state index contributed by atoms with van der Waals surface area (Å²) < 4.78 is 0. The number of nitrogens with zero attached hydrogens (tertiary/aromatic N) is 3. The number of hydrogen-bond acceptors (Lipinski definition) is 4. The van der Waals surface area contributed by atoms with E-state index in [2.05, 4.69) is 25.8 Å². The maximum absolute atomic E-state index is 12.6. The first-order chi connectivity index (χ1) is 12.0. The molecule has 0 radical (unpaired) electrons. The average Bonchev–Trinajstić information content (AvgIpc) is 3.26. The number of anilines is 1. The molecule has 3 N–H and O–H groups in total. The van der Waals surface area contributed by atoms with E-state index in [0.29, 0.717) is 24.5 Å². The monoisotopic (exact) mass is 342 g/mol. The predicted octanol–water partition coefficient (Wildman–Crippen LogP) is 1.99. The van der Waals surface area contributed by atoms with Gasteiger partial charge in [0.25, 0.3) is 0 Å². The van der Waals surface area contributed by atoms with Crippen LogP contribution in [-0.2, 0) is 4.79 Å². The highest BCUT2D eigenvalue weighted by molar-refractivity contribution is 5.97. The third-order valence-electron chi connectivity index (χ3n) is 4.05. The van der Waals surface area contributed by atoms with Crippen LogP contribution in [0.15, 0.2) is 30.6 Å². The van der Waals surface area contributed by atoms with Crippen LogP contribution < -0.4 is 10.6 Å². The van der Waals surface area contributed by atoms with Crippen molar-refractivity contribution in [2.45, 2.75) is 38.8 Å². The van der Waals surface area contributed by atoms with Crippen LogP contribution in [0.2, 0.25) is 0 Å². The fourth-order valence-corrected chi connectivity index (χ4v) is 2.93. The number of H-pyrrole nitrogens is 1. The minimum Gasteiger partial charge on any atom is -0.336 e. The summed E-state index contributed by atoms with van der Waals surface area (Å²) in [4.78, 5) is 30.6. The lowest BCUT2D eigenvalue weighted by Crippen LogP contribution is -2.49. The Kier molecular flexibility index (Phi) is 4.97. The Hall–Kier alpha value is -2.90. The van der Waals surface area contributed by atoms with Crippen LogP contribution in [0.1, 0.15) is 26.7 Å². The number of carbonyl (C=O) groups is 2. The molecular formula is C17H22N6O2. The topological polar surface area (TPSA) is 103 Å². The van der Waals surface area contributed by atoms with Crippen molar-refractivity contribution in [3.8, 4) is 11.4 Å². The number of aromatic nitrogens is 3. The first kappa shape index (κ1) is 16.9. The summed E-state index contributed by atoms with van der Waals surface area (Å²) in [6.45, 7) is 4.39. The molecule has 3 rings (SSSR count). The molecule has 0 unspecified atom stereocenters. The van der Waals surface area contributed by atoms with Crippen molar-refractivity contribution in [3.63, 3.8) is 0 Å². The fourth-order valence-electron chi connectivity index (χ4n) is 2.93. The Morgan fingerprint density at radius 3 is 2.92 bits per heavy atom. The molecule has 1 atom stereocenters. The Labute approximate surface area is 146 Å². The number of nitrogens with one attached hydrogen (secondary N) is 3. The summed E-state index contributed by atoms with van der Waals surface area (Å²) in [7, 11) is 0. The van der Waals surface area contributed by atoms with Gasteiger partial charge in [-0.2, -0.15) is 5.10 Å². The van der Waals surface area contributed by atoms with E-state index in [-0.39, 0.29) is 18.0 Å². The second-order valence-corrected chi connectivity index (χ2v) is 6.36. The zero-order valence-electron chi connectivity index (χ0n) is 14.3. The summed E-state index contributed by atoms with van der Waals surface area (Å²) in [5, 5.41) is 12.4. The molecule has 1 aliphatic heterocycles. The average molecular weight is 342 g/mol. The van der Waals surface area contributed by atoms with E-state index in [4.69, 9.17) is 0 Å². The van der Waals surface area contributed by atoms with E-state index in [0.717, 1.165) is 12.0 Å². The maximum Gasteiger partial charge on any atom is 0.318 e. The second-order valence-electron chi connectivity index (χ2n) is 6.36. The lowest BCUT2D eigenvalue weighted by molar-refractivity contribution is -0.119. The lowest BCUT2D eigenvalue weighted by Gasteiger charge is -2.25. The molecular weight excluding hydrogens is 320 g/mol. The van der Waals surface area contributed by atoms with E-state index in [1.54, 1.807) is 4.90 Å². The van der Waals surface area contributed by atoms with Crippen molar-refractivity contribution in [1.29, 1.82) is 0 Å². The van der Waals surface area contributed by atoms with Gasteiger partial charge >= 0.3 is 6.03 Å².